The standard InChI is InChI=1S/C17H25NO2/c1-13(2)15-8-7-14(3)16(11-15)20-12-17(19)18-9-5-4-6-10-18/h7-8,11,13H,4-6,9-10,12H2,1-3H3. The number of likely N-dealkylation sites (tertiary alicyclic amines) is 1. The summed E-state index contributed by atoms with van der Waals surface area (Å²) in [6, 6.07) is 6.25. The second kappa shape index (κ2) is 6.78. The monoisotopic (exact) mass is 275 g/mol. The van der Waals surface area contributed by atoms with Crippen LogP contribution in [0.5, 0.6) is 5.75 Å². The summed E-state index contributed by atoms with van der Waals surface area (Å²) in [5.74, 6) is 1.41. The van der Waals surface area contributed by atoms with Crippen molar-refractivity contribution in [2.24, 2.45) is 0 Å². The van der Waals surface area contributed by atoms with Crippen molar-refractivity contribution in [3.63, 3.8) is 0 Å². The Hall–Kier alpha value is -1.51. The molecule has 20 heavy (non-hydrogen) atoms. The van der Waals surface area contributed by atoms with Gasteiger partial charge in [0.25, 0.3) is 5.91 Å². The SMILES string of the molecule is Cc1ccc(C(C)C)cc1OCC(=O)N1CCCCC1. The Kier molecular flexibility index (Phi) is 5.05. The topological polar surface area (TPSA) is 29.5 Å². The van der Waals surface area contributed by atoms with Crippen molar-refractivity contribution in [2.45, 2.75) is 46.0 Å². The van der Waals surface area contributed by atoms with E-state index < -0.39 is 0 Å². The normalized spacial score (nSPS) is 15.5. The number of benzene rings is 1. The van der Waals surface area contributed by atoms with Crippen molar-refractivity contribution in [3.05, 3.63) is 29.3 Å². The fourth-order valence-corrected chi connectivity index (χ4v) is 2.51. The van der Waals surface area contributed by atoms with Crippen LogP contribution in [-0.4, -0.2) is 30.5 Å². The van der Waals surface area contributed by atoms with Crippen LogP contribution in [0, 0.1) is 6.92 Å². The van der Waals surface area contributed by atoms with Gasteiger partial charge >= 0.3 is 0 Å². The molecule has 0 saturated carbocycles. The molecule has 1 fully saturated rings. The highest BCUT2D eigenvalue weighted by atomic mass is 16.5. The number of nitrogens with zero attached hydrogens (tertiary/aromatic N) is 1. The minimum absolute atomic E-state index is 0.110. The maximum Gasteiger partial charge on any atom is 0.260 e. The van der Waals surface area contributed by atoms with E-state index in [1.54, 1.807) is 0 Å². The van der Waals surface area contributed by atoms with Crippen LogP contribution in [0.3, 0.4) is 0 Å². The molecule has 0 atom stereocenters. The molecule has 0 aliphatic carbocycles. The fourth-order valence-electron chi connectivity index (χ4n) is 2.51. The molecule has 0 spiro atoms. The molecule has 0 N–H and O–H groups in total. The summed E-state index contributed by atoms with van der Waals surface area (Å²) in [5, 5.41) is 0. The first-order chi connectivity index (χ1) is 9.58. The Balaban J connectivity index is 1.95. The number of amides is 1. The molecule has 1 aromatic rings. The van der Waals surface area contributed by atoms with Crippen molar-refractivity contribution in [2.75, 3.05) is 19.7 Å². The average molecular weight is 275 g/mol. The van der Waals surface area contributed by atoms with Crippen LogP contribution in [0.25, 0.3) is 0 Å². The third-order valence-electron chi connectivity index (χ3n) is 3.94. The molecule has 1 aliphatic rings. The van der Waals surface area contributed by atoms with Crippen LogP contribution in [0.1, 0.15) is 50.2 Å². The number of aryl methyl sites for hydroxylation is 1. The minimum Gasteiger partial charge on any atom is -0.483 e. The molecule has 1 saturated heterocycles. The average Bonchev–Trinajstić information content (AvgIpc) is 2.46. The van der Waals surface area contributed by atoms with Crippen molar-refractivity contribution in [1.82, 2.24) is 4.90 Å². The zero-order valence-electron chi connectivity index (χ0n) is 12.8. The number of hydrogen-bond donors (Lipinski definition) is 0. The Bertz CT molecular complexity index is 462. The smallest absolute Gasteiger partial charge is 0.260 e. The van der Waals surface area contributed by atoms with Gasteiger partial charge in [-0.25, -0.2) is 0 Å². The highest BCUT2D eigenvalue weighted by Gasteiger charge is 2.17. The highest BCUT2D eigenvalue weighted by molar-refractivity contribution is 5.77. The molecular weight excluding hydrogens is 250 g/mol. The van der Waals surface area contributed by atoms with Crippen LogP contribution < -0.4 is 4.74 Å². The Morgan fingerprint density at radius 3 is 2.60 bits per heavy atom. The molecule has 3 heteroatoms. The van der Waals surface area contributed by atoms with Crippen molar-refractivity contribution >= 4 is 5.91 Å². The lowest BCUT2D eigenvalue weighted by molar-refractivity contribution is -0.134. The number of hydrogen-bond acceptors (Lipinski definition) is 2. The first-order valence-electron chi connectivity index (χ1n) is 7.59. The van der Waals surface area contributed by atoms with Crippen molar-refractivity contribution < 1.29 is 9.53 Å². The molecule has 1 aromatic carbocycles. The van der Waals surface area contributed by atoms with Gasteiger partial charge in [0.15, 0.2) is 6.61 Å². The lowest BCUT2D eigenvalue weighted by Crippen LogP contribution is -2.38. The molecule has 1 heterocycles. The van der Waals surface area contributed by atoms with Gasteiger partial charge in [0.1, 0.15) is 5.75 Å². The van der Waals surface area contributed by atoms with Crippen LogP contribution in [0.15, 0.2) is 18.2 Å². The summed E-state index contributed by atoms with van der Waals surface area (Å²) >= 11 is 0. The summed E-state index contributed by atoms with van der Waals surface area (Å²) in [7, 11) is 0. The molecule has 0 bridgehead atoms. The van der Waals surface area contributed by atoms with Gasteiger partial charge in [-0.1, -0.05) is 26.0 Å². The molecule has 3 nitrogen and oxygen atoms in total. The number of carbonyl (C=O) groups excluding carboxylic acids is 1. The second-order valence-electron chi connectivity index (χ2n) is 5.91. The lowest BCUT2D eigenvalue weighted by atomic mass is 10.0. The second-order valence-corrected chi connectivity index (χ2v) is 5.91. The Labute approximate surface area is 121 Å². The molecule has 0 unspecified atom stereocenters. The van der Waals surface area contributed by atoms with E-state index >= 15 is 0 Å². The van der Waals surface area contributed by atoms with E-state index in [-0.39, 0.29) is 12.5 Å². The Morgan fingerprint density at radius 2 is 1.95 bits per heavy atom. The van der Waals surface area contributed by atoms with E-state index in [4.69, 9.17) is 4.74 Å². The van der Waals surface area contributed by atoms with Gasteiger partial charge in [0.05, 0.1) is 0 Å². The van der Waals surface area contributed by atoms with Crippen molar-refractivity contribution in [1.29, 1.82) is 0 Å². The quantitative estimate of drug-likeness (QED) is 0.841. The molecule has 1 aliphatic heterocycles. The highest BCUT2D eigenvalue weighted by Crippen LogP contribution is 2.24. The first-order valence-corrected chi connectivity index (χ1v) is 7.59. The summed E-state index contributed by atoms with van der Waals surface area (Å²) < 4.78 is 5.75. The first kappa shape index (κ1) is 14.9. The Morgan fingerprint density at radius 1 is 1.25 bits per heavy atom. The predicted molar refractivity (Wildman–Crippen MR) is 81.2 cm³/mol. The largest absolute Gasteiger partial charge is 0.483 e. The molecule has 110 valence electrons. The van der Waals surface area contributed by atoms with Crippen molar-refractivity contribution in [3.8, 4) is 5.75 Å². The molecule has 0 aromatic heterocycles. The molecule has 0 radical (unpaired) electrons. The third-order valence-corrected chi connectivity index (χ3v) is 3.94. The summed E-state index contributed by atoms with van der Waals surface area (Å²) in [6.07, 6.45) is 3.47. The van der Waals surface area contributed by atoms with Gasteiger partial charge in [-0.3, -0.25) is 4.79 Å². The van der Waals surface area contributed by atoms with Crippen LogP contribution in [-0.2, 0) is 4.79 Å². The molecule has 1 amide bonds. The fraction of sp³-hybridized carbons (Fsp3) is 0.588. The van der Waals surface area contributed by atoms with Gasteiger partial charge in [0, 0.05) is 13.1 Å². The summed E-state index contributed by atoms with van der Waals surface area (Å²) in [6.45, 7) is 8.26. The zero-order valence-corrected chi connectivity index (χ0v) is 12.8. The lowest BCUT2D eigenvalue weighted by Gasteiger charge is -2.26. The van der Waals surface area contributed by atoms with E-state index in [1.807, 2.05) is 11.8 Å². The number of rotatable bonds is 4. The molecular formula is C17H25NO2. The number of carbonyl (C=O) groups is 1. The van der Waals surface area contributed by atoms with E-state index in [1.165, 1.54) is 12.0 Å². The number of piperidine rings is 1. The van der Waals surface area contributed by atoms with E-state index in [9.17, 15) is 4.79 Å². The van der Waals surface area contributed by atoms with E-state index in [0.717, 1.165) is 37.2 Å². The van der Waals surface area contributed by atoms with Gasteiger partial charge in [-0.2, -0.15) is 0 Å². The van der Waals surface area contributed by atoms with Gasteiger partial charge in [-0.15, -0.1) is 0 Å². The van der Waals surface area contributed by atoms with Gasteiger partial charge < -0.3 is 9.64 Å². The minimum atomic E-state index is 0.110. The van der Waals surface area contributed by atoms with Crippen LogP contribution in [0.4, 0.5) is 0 Å². The van der Waals surface area contributed by atoms with E-state index in [2.05, 4.69) is 32.0 Å². The van der Waals surface area contributed by atoms with E-state index in [0.29, 0.717) is 5.92 Å². The molecule has 2 rings (SSSR count). The zero-order chi connectivity index (χ0) is 14.5. The van der Waals surface area contributed by atoms with Crippen LogP contribution in [0.2, 0.25) is 0 Å². The third kappa shape index (κ3) is 3.75. The summed E-state index contributed by atoms with van der Waals surface area (Å²) in [5.41, 5.74) is 2.33. The summed E-state index contributed by atoms with van der Waals surface area (Å²) in [4.78, 5) is 14.0. The maximum atomic E-state index is 12.1. The number of ether oxygens (including phenoxy) is 1. The maximum absolute atomic E-state index is 12.1. The van der Waals surface area contributed by atoms with Gasteiger partial charge in [-0.05, 0) is 49.3 Å². The van der Waals surface area contributed by atoms with Crippen LogP contribution >= 0.6 is 0 Å². The predicted octanol–water partition coefficient (Wildman–Crippen LogP) is 3.51. The van der Waals surface area contributed by atoms with Gasteiger partial charge in [0.2, 0.25) is 0 Å².